The van der Waals surface area contributed by atoms with Gasteiger partial charge in [-0.2, -0.15) is 11.8 Å². The second kappa shape index (κ2) is 14.0. The smallest absolute Gasteiger partial charge is 0.230 e. The Labute approximate surface area is 218 Å². The van der Waals surface area contributed by atoms with Crippen LogP contribution in [0.25, 0.3) is 0 Å². The minimum absolute atomic E-state index is 0.0847. The molecule has 1 rings (SSSR count). The maximum absolute atomic E-state index is 12.0. The van der Waals surface area contributed by atoms with E-state index in [0.717, 1.165) is 56.7 Å². The van der Waals surface area contributed by atoms with Crippen molar-refractivity contribution in [2.24, 2.45) is 5.41 Å². The van der Waals surface area contributed by atoms with Gasteiger partial charge in [0.2, 0.25) is 5.91 Å². The summed E-state index contributed by atoms with van der Waals surface area (Å²) >= 11 is 1.64. The molecule has 8 heteroatoms. The standard InChI is InChI=1S/C27H52N4O3S/c1-11-24(3,4)14-17-34-27(9,10)19-22-20-31(30-29-22)16-13-26(7,8)33-18-15-25(5,6)28-23(32)21-35-12-2/h20H,11-19,21H2,1-10H3,(H,28,32). The predicted molar refractivity (Wildman–Crippen MR) is 147 cm³/mol. The molecule has 1 heterocycles. The summed E-state index contributed by atoms with van der Waals surface area (Å²) in [5.41, 5.74) is 0.403. The van der Waals surface area contributed by atoms with Crippen molar-refractivity contribution in [3.05, 3.63) is 11.9 Å². The second-order valence-electron chi connectivity index (χ2n) is 12.2. The van der Waals surface area contributed by atoms with E-state index in [1.54, 1.807) is 11.8 Å². The van der Waals surface area contributed by atoms with E-state index in [-0.39, 0.29) is 22.6 Å². The van der Waals surface area contributed by atoms with Crippen molar-refractivity contribution in [3.8, 4) is 0 Å². The second-order valence-corrected chi connectivity index (χ2v) is 13.5. The van der Waals surface area contributed by atoms with Crippen LogP contribution in [0.2, 0.25) is 0 Å². The lowest BCUT2D eigenvalue weighted by Gasteiger charge is -2.30. The number of aryl methyl sites for hydroxylation is 1. The molecule has 35 heavy (non-hydrogen) atoms. The van der Waals surface area contributed by atoms with Crippen molar-refractivity contribution in [1.29, 1.82) is 0 Å². The molecular weight excluding hydrogens is 460 g/mol. The van der Waals surface area contributed by atoms with Gasteiger partial charge in [0.05, 0.1) is 22.6 Å². The van der Waals surface area contributed by atoms with Gasteiger partial charge in [0.15, 0.2) is 0 Å². The number of ether oxygens (including phenoxy) is 2. The first-order chi connectivity index (χ1) is 16.1. The van der Waals surface area contributed by atoms with E-state index < -0.39 is 0 Å². The van der Waals surface area contributed by atoms with E-state index in [0.29, 0.717) is 17.8 Å². The minimum atomic E-state index is -0.293. The van der Waals surface area contributed by atoms with Gasteiger partial charge >= 0.3 is 0 Å². The lowest BCUT2D eigenvalue weighted by atomic mass is 9.87. The summed E-state index contributed by atoms with van der Waals surface area (Å²) < 4.78 is 14.3. The molecule has 0 bridgehead atoms. The van der Waals surface area contributed by atoms with E-state index in [1.807, 2.05) is 24.7 Å². The molecule has 1 N–H and O–H groups in total. The molecule has 1 amide bonds. The van der Waals surface area contributed by atoms with Crippen molar-refractivity contribution in [2.45, 2.75) is 125 Å². The number of nitrogens with one attached hydrogen (secondary N) is 1. The van der Waals surface area contributed by atoms with Crippen LogP contribution in [0.1, 0.15) is 101 Å². The lowest BCUT2D eigenvalue weighted by Crippen LogP contribution is -2.45. The van der Waals surface area contributed by atoms with Gasteiger partial charge in [-0.05, 0) is 72.0 Å². The summed E-state index contributed by atoms with van der Waals surface area (Å²) in [6, 6.07) is 0. The molecule has 0 aliphatic carbocycles. The van der Waals surface area contributed by atoms with Crippen LogP contribution < -0.4 is 5.32 Å². The summed E-state index contributed by atoms with van der Waals surface area (Å²) in [6.07, 6.45) is 6.54. The topological polar surface area (TPSA) is 78.3 Å². The number of rotatable bonds is 18. The summed E-state index contributed by atoms with van der Waals surface area (Å²) in [6.45, 7) is 23.5. The molecule has 0 aliphatic rings. The number of nitrogens with zero attached hydrogens (tertiary/aromatic N) is 3. The van der Waals surface area contributed by atoms with E-state index in [4.69, 9.17) is 9.47 Å². The van der Waals surface area contributed by atoms with Gasteiger partial charge < -0.3 is 14.8 Å². The van der Waals surface area contributed by atoms with Crippen LogP contribution in [0.5, 0.6) is 0 Å². The van der Waals surface area contributed by atoms with Gasteiger partial charge in [-0.1, -0.05) is 39.3 Å². The van der Waals surface area contributed by atoms with Crippen LogP contribution in [-0.4, -0.2) is 62.4 Å². The van der Waals surface area contributed by atoms with Gasteiger partial charge in [-0.3, -0.25) is 9.48 Å². The fourth-order valence-corrected chi connectivity index (χ4v) is 3.97. The predicted octanol–water partition coefficient (Wildman–Crippen LogP) is 5.67. The molecule has 1 aromatic rings. The first-order valence-electron chi connectivity index (χ1n) is 13.1. The maximum Gasteiger partial charge on any atom is 0.230 e. The number of aromatic nitrogens is 3. The Kier molecular flexibility index (Phi) is 12.8. The Bertz CT molecular complexity index is 759. The molecule has 0 atom stereocenters. The molecule has 0 unspecified atom stereocenters. The third kappa shape index (κ3) is 14.3. The summed E-state index contributed by atoms with van der Waals surface area (Å²) in [5, 5.41) is 11.8. The first kappa shape index (κ1) is 31.9. The van der Waals surface area contributed by atoms with Gasteiger partial charge in [0.25, 0.3) is 0 Å². The fourth-order valence-electron chi connectivity index (χ4n) is 3.51. The number of hydrogen-bond acceptors (Lipinski definition) is 6. The van der Waals surface area contributed by atoms with Gasteiger partial charge in [0, 0.05) is 37.9 Å². The van der Waals surface area contributed by atoms with Gasteiger partial charge in [-0.15, -0.1) is 5.10 Å². The van der Waals surface area contributed by atoms with Gasteiger partial charge in [0.1, 0.15) is 0 Å². The van der Waals surface area contributed by atoms with Crippen LogP contribution in [0.4, 0.5) is 0 Å². The van der Waals surface area contributed by atoms with Crippen LogP contribution in [0.3, 0.4) is 0 Å². The molecular formula is C27H52N4O3S. The van der Waals surface area contributed by atoms with Crippen molar-refractivity contribution in [1.82, 2.24) is 20.3 Å². The highest BCUT2D eigenvalue weighted by molar-refractivity contribution is 7.99. The zero-order valence-electron chi connectivity index (χ0n) is 24.1. The molecule has 0 spiro atoms. The molecule has 7 nitrogen and oxygen atoms in total. The Morgan fingerprint density at radius 2 is 1.60 bits per heavy atom. The highest BCUT2D eigenvalue weighted by Gasteiger charge is 2.25. The zero-order chi connectivity index (χ0) is 26.8. The number of amides is 1. The molecule has 0 saturated carbocycles. The Morgan fingerprint density at radius 1 is 0.971 bits per heavy atom. The SMILES string of the molecule is CCSCC(=O)NC(C)(C)CCOC(C)(C)CCn1cc(CC(C)(C)OCCC(C)(C)CC)nn1. The molecule has 0 saturated heterocycles. The molecule has 204 valence electrons. The number of thioether (sulfide) groups is 1. The Balaban J connectivity index is 2.43. The quantitative estimate of drug-likeness (QED) is 0.273. The Hall–Kier alpha value is -1.12. The van der Waals surface area contributed by atoms with E-state index in [9.17, 15) is 4.79 Å². The largest absolute Gasteiger partial charge is 0.375 e. The molecule has 0 radical (unpaired) electrons. The fraction of sp³-hybridized carbons (Fsp3) is 0.889. The van der Waals surface area contributed by atoms with Crippen LogP contribution in [0.15, 0.2) is 6.20 Å². The van der Waals surface area contributed by atoms with Crippen molar-refractivity contribution in [3.63, 3.8) is 0 Å². The molecule has 0 aromatic carbocycles. The normalized spacial score (nSPS) is 13.3. The van der Waals surface area contributed by atoms with Crippen molar-refractivity contribution < 1.29 is 14.3 Å². The lowest BCUT2D eigenvalue weighted by molar-refractivity contribution is -0.120. The summed E-state index contributed by atoms with van der Waals surface area (Å²) in [7, 11) is 0. The highest BCUT2D eigenvalue weighted by atomic mass is 32.2. The summed E-state index contributed by atoms with van der Waals surface area (Å²) in [4.78, 5) is 12.0. The minimum Gasteiger partial charge on any atom is -0.375 e. The zero-order valence-corrected chi connectivity index (χ0v) is 24.9. The van der Waals surface area contributed by atoms with Crippen molar-refractivity contribution in [2.75, 3.05) is 24.7 Å². The van der Waals surface area contributed by atoms with E-state index in [2.05, 4.69) is 71.0 Å². The molecule has 1 aromatic heterocycles. The molecule has 0 aliphatic heterocycles. The van der Waals surface area contributed by atoms with Crippen molar-refractivity contribution >= 4 is 17.7 Å². The number of carbonyl (C=O) groups is 1. The third-order valence-electron chi connectivity index (χ3n) is 6.50. The van der Waals surface area contributed by atoms with Crippen LogP contribution in [-0.2, 0) is 27.2 Å². The third-order valence-corrected chi connectivity index (χ3v) is 7.37. The highest BCUT2D eigenvalue weighted by Crippen LogP contribution is 2.26. The number of carbonyl (C=O) groups excluding carboxylic acids is 1. The molecule has 0 fully saturated rings. The van der Waals surface area contributed by atoms with E-state index in [1.165, 1.54) is 0 Å². The average molecular weight is 513 g/mol. The van der Waals surface area contributed by atoms with Crippen LogP contribution in [0, 0.1) is 5.41 Å². The number of hydrogen-bond donors (Lipinski definition) is 1. The van der Waals surface area contributed by atoms with E-state index >= 15 is 0 Å². The Morgan fingerprint density at radius 3 is 2.23 bits per heavy atom. The average Bonchev–Trinajstić information content (AvgIpc) is 3.16. The summed E-state index contributed by atoms with van der Waals surface area (Å²) in [5.74, 6) is 1.54. The van der Waals surface area contributed by atoms with Gasteiger partial charge in [-0.25, -0.2) is 0 Å². The van der Waals surface area contributed by atoms with Crippen LogP contribution >= 0.6 is 11.8 Å². The first-order valence-corrected chi connectivity index (χ1v) is 14.3. The monoisotopic (exact) mass is 512 g/mol. The maximum atomic E-state index is 12.0.